The smallest absolute Gasteiger partial charge is 0.419 e. The Morgan fingerprint density at radius 1 is 1.09 bits per heavy atom. The fourth-order valence-corrected chi connectivity index (χ4v) is 3.49. The summed E-state index contributed by atoms with van der Waals surface area (Å²) in [5.41, 5.74) is 1.30. The van der Waals surface area contributed by atoms with Crippen molar-refractivity contribution in [3.63, 3.8) is 0 Å². The molecule has 1 aromatic heterocycles. The normalized spacial score (nSPS) is 11.0. The molecule has 0 radical (unpaired) electrons. The third kappa shape index (κ3) is 4.46. The van der Waals surface area contributed by atoms with Crippen LogP contribution in [0.1, 0.15) is 18.4 Å². The van der Waals surface area contributed by atoms with Gasteiger partial charge in [-0.2, -0.15) is 0 Å². The van der Waals surface area contributed by atoms with Crippen LogP contribution in [0.4, 0.5) is 5.69 Å². The van der Waals surface area contributed by atoms with Crippen molar-refractivity contribution < 1.29 is 23.6 Å². The van der Waals surface area contributed by atoms with Crippen molar-refractivity contribution in [3.8, 4) is 5.75 Å². The third-order valence-electron chi connectivity index (χ3n) is 5.14. The first kappa shape index (κ1) is 21.1. The van der Waals surface area contributed by atoms with Gasteiger partial charge in [0.15, 0.2) is 5.58 Å². The Labute approximate surface area is 181 Å². The Bertz CT molecular complexity index is 1370. The molecule has 9 nitrogen and oxygen atoms in total. The molecule has 0 aliphatic carbocycles. The topological polar surface area (TPSA) is 114 Å². The summed E-state index contributed by atoms with van der Waals surface area (Å²) in [6, 6.07) is 15.5. The number of esters is 1. The van der Waals surface area contributed by atoms with Gasteiger partial charge in [-0.15, -0.1) is 0 Å². The van der Waals surface area contributed by atoms with Crippen molar-refractivity contribution in [1.29, 1.82) is 0 Å². The molecule has 9 heteroatoms. The molecule has 0 amide bonds. The Morgan fingerprint density at radius 2 is 1.88 bits per heavy atom. The van der Waals surface area contributed by atoms with Crippen molar-refractivity contribution >= 4 is 33.5 Å². The van der Waals surface area contributed by atoms with Gasteiger partial charge < -0.3 is 13.9 Å². The number of methoxy groups -OCH3 is 1. The van der Waals surface area contributed by atoms with Gasteiger partial charge in [-0.05, 0) is 47.0 Å². The largest absolute Gasteiger partial charge is 0.497 e. The quantitative estimate of drug-likeness (QED) is 0.231. The zero-order valence-electron chi connectivity index (χ0n) is 17.3. The fourth-order valence-electron chi connectivity index (χ4n) is 3.49. The lowest BCUT2D eigenvalue weighted by atomic mass is 10.1. The van der Waals surface area contributed by atoms with Crippen molar-refractivity contribution in [2.24, 2.45) is 0 Å². The molecule has 32 heavy (non-hydrogen) atoms. The molecule has 0 aliphatic heterocycles. The van der Waals surface area contributed by atoms with Gasteiger partial charge in [-0.1, -0.05) is 18.2 Å². The molecule has 4 rings (SSSR count). The third-order valence-corrected chi connectivity index (χ3v) is 5.14. The van der Waals surface area contributed by atoms with Gasteiger partial charge in [-0.3, -0.25) is 19.5 Å². The number of nitro groups is 1. The number of rotatable bonds is 8. The average Bonchev–Trinajstić information content (AvgIpc) is 3.11. The van der Waals surface area contributed by atoms with Crippen LogP contribution in [0.2, 0.25) is 0 Å². The number of aryl methyl sites for hydroxylation is 1. The predicted octanol–water partition coefficient (Wildman–Crippen LogP) is 4.19. The fraction of sp³-hybridized carbons (Fsp3) is 0.217. The summed E-state index contributed by atoms with van der Waals surface area (Å²) >= 11 is 0. The number of hydrogen-bond acceptors (Lipinski definition) is 7. The standard InChI is InChI=1S/C23H20N2O7/c1-30-19-8-6-16-11-15(4-5-17(16)12-19)14-31-22(26)3-2-10-24-20-9-7-18(25(28)29)13-21(20)32-23(24)27/h4-9,11-13H,2-3,10,14H2,1H3. The van der Waals surface area contributed by atoms with Crippen LogP contribution in [-0.2, 0) is 22.7 Å². The maximum absolute atomic E-state index is 12.1. The second-order valence-corrected chi connectivity index (χ2v) is 7.24. The van der Waals surface area contributed by atoms with E-state index >= 15 is 0 Å². The average molecular weight is 436 g/mol. The van der Waals surface area contributed by atoms with Crippen LogP contribution in [0.15, 0.2) is 63.8 Å². The molecule has 1 heterocycles. The molecular formula is C23H20N2O7. The van der Waals surface area contributed by atoms with Crippen LogP contribution in [0, 0.1) is 10.1 Å². The van der Waals surface area contributed by atoms with Crippen molar-refractivity contribution in [3.05, 3.63) is 80.8 Å². The highest BCUT2D eigenvalue weighted by molar-refractivity contribution is 5.84. The van der Waals surface area contributed by atoms with Gasteiger partial charge in [0.25, 0.3) is 5.69 Å². The summed E-state index contributed by atoms with van der Waals surface area (Å²) in [4.78, 5) is 34.5. The van der Waals surface area contributed by atoms with Gasteiger partial charge in [0.2, 0.25) is 0 Å². The first-order valence-electron chi connectivity index (χ1n) is 9.95. The van der Waals surface area contributed by atoms with E-state index in [0.29, 0.717) is 11.9 Å². The zero-order chi connectivity index (χ0) is 22.7. The van der Waals surface area contributed by atoms with Crippen LogP contribution in [0.5, 0.6) is 5.75 Å². The molecule has 0 atom stereocenters. The minimum Gasteiger partial charge on any atom is -0.497 e. The number of nitrogens with zero attached hydrogens (tertiary/aromatic N) is 2. The second-order valence-electron chi connectivity index (χ2n) is 7.24. The van der Waals surface area contributed by atoms with Crippen molar-refractivity contribution in [2.75, 3.05) is 7.11 Å². The van der Waals surface area contributed by atoms with E-state index in [-0.39, 0.29) is 36.8 Å². The van der Waals surface area contributed by atoms with E-state index in [1.54, 1.807) is 7.11 Å². The van der Waals surface area contributed by atoms with E-state index in [2.05, 4.69) is 0 Å². The van der Waals surface area contributed by atoms with E-state index in [4.69, 9.17) is 13.9 Å². The Morgan fingerprint density at radius 3 is 2.66 bits per heavy atom. The summed E-state index contributed by atoms with van der Waals surface area (Å²) in [5.74, 6) is -0.225. The van der Waals surface area contributed by atoms with Crippen LogP contribution in [-0.4, -0.2) is 22.6 Å². The Hall–Kier alpha value is -4.14. The molecule has 3 aromatic carbocycles. The summed E-state index contributed by atoms with van der Waals surface area (Å²) in [5, 5.41) is 12.9. The maximum Gasteiger partial charge on any atom is 0.419 e. The van der Waals surface area contributed by atoms with Gasteiger partial charge in [0.05, 0.1) is 23.6 Å². The van der Waals surface area contributed by atoms with Crippen molar-refractivity contribution in [2.45, 2.75) is 26.0 Å². The summed E-state index contributed by atoms with van der Waals surface area (Å²) in [7, 11) is 1.62. The van der Waals surface area contributed by atoms with E-state index in [0.717, 1.165) is 22.1 Å². The SMILES string of the molecule is COc1ccc2cc(COC(=O)CCCn3c(=O)oc4cc([N+](=O)[O-])ccc43)ccc2c1. The highest BCUT2D eigenvalue weighted by atomic mass is 16.6. The summed E-state index contributed by atoms with van der Waals surface area (Å²) in [6.45, 7) is 0.385. The predicted molar refractivity (Wildman–Crippen MR) is 117 cm³/mol. The number of benzene rings is 3. The van der Waals surface area contributed by atoms with E-state index in [1.165, 1.54) is 22.8 Å². The highest BCUT2D eigenvalue weighted by Crippen LogP contribution is 2.23. The van der Waals surface area contributed by atoms with Crippen LogP contribution >= 0.6 is 0 Å². The zero-order valence-corrected chi connectivity index (χ0v) is 17.3. The van der Waals surface area contributed by atoms with E-state index < -0.39 is 10.7 Å². The molecule has 0 unspecified atom stereocenters. The monoisotopic (exact) mass is 436 g/mol. The first-order valence-corrected chi connectivity index (χ1v) is 9.95. The molecule has 0 N–H and O–H groups in total. The lowest BCUT2D eigenvalue weighted by Crippen LogP contribution is -2.15. The van der Waals surface area contributed by atoms with E-state index in [9.17, 15) is 19.7 Å². The molecule has 0 bridgehead atoms. The number of ether oxygens (including phenoxy) is 2. The number of fused-ring (bicyclic) bond motifs is 2. The molecule has 0 saturated carbocycles. The van der Waals surface area contributed by atoms with Crippen LogP contribution in [0.25, 0.3) is 21.9 Å². The van der Waals surface area contributed by atoms with Crippen molar-refractivity contribution in [1.82, 2.24) is 4.57 Å². The minimum atomic E-state index is -0.623. The Kier molecular flexibility index (Phi) is 5.89. The highest BCUT2D eigenvalue weighted by Gasteiger charge is 2.14. The molecule has 0 fully saturated rings. The van der Waals surface area contributed by atoms with Gasteiger partial charge in [0.1, 0.15) is 12.4 Å². The number of carbonyl (C=O) groups is 1. The molecule has 4 aromatic rings. The van der Waals surface area contributed by atoms with E-state index in [1.807, 2.05) is 36.4 Å². The van der Waals surface area contributed by atoms with Crippen LogP contribution < -0.4 is 10.5 Å². The molecule has 0 saturated heterocycles. The molecular weight excluding hydrogens is 416 g/mol. The van der Waals surface area contributed by atoms with Gasteiger partial charge in [0, 0.05) is 19.0 Å². The number of aromatic nitrogens is 1. The molecule has 0 aliphatic rings. The second kappa shape index (κ2) is 8.93. The molecule has 164 valence electrons. The number of non-ortho nitro benzene ring substituents is 1. The number of carbonyl (C=O) groups excluding carboxylic acids is 1. The van der Waals surface area contributed by atoms with Gasteiger partial charge >= 0.3 is 11.7 Å². The number of hydrogen-bond donors (Lipinski definition) is 0. The maximum atomic E-state index is 12.1. The molecule has 0 spiro atoms. The summed E-state index contributed by atoms with van der Waals surface area (Å²) < 4.78 is 17.0. The number of nitro benzene ring substituents is 1. The first-order chi connectivity index (χ1) is 15.4. The van der Waals surface area contributed by atoms with Gasteiger partial charge in [-0.25, -0.2) is 4.79 Å². The summed E-state index contributed by atoms with van der Waals surface area (Å²) in [6.07, 6.45) is 0.485. The number of oxazole rings is 1. The lowest BCUT2D eigenvalue weighted by molar-refractivity contribution is -0.384. The lowest BCUT2D eigenvalue weighted by Gasteiger charge is -2.07. The minimum absolute atomic E-state index is 0.122. The Balaban J connectivity index is 1.33. The van der Waals surface area contributed by atoms with Crippen LogP contribution in [0.3, 0.4) is 0 Å².